The number of nitrogens with zero attached hydrogens (tertiary/aromatic N) is 5. The van der Waals surface area contributed by atoms with Gasteiger partial charge in [0.05, 0.1) is 29.3 Å². The Labute approximate surface area is 190 Å². The summed E-state index contributed by atoms with van der Waals surface area (Å²) in [5, 5.41) is 13.6. The number of amides is 2. The van der Waals surface area contributed by atoms with Crippen LogP contribution in [0.1, 0.15) is 20.8 Å². The predicted molar refractivity (Wildman–Crippen MR) is 123 cm³/mol. The van der Waals surface area contributed by atoms with Crippen molar-refractivity contribution in [3.63, 3.8) is 0 Å². The predicted octanol–water partition coefficient (Wildman–Crippen LogP) is 5.01. The number of ether oxygens (including phenoxy) is 1. The van der Waals surface area contributed by atoms with E-state index in [0.29, 0.717) is 17.1 Å². The first-order valence-electron chi connectivity index (χ1n) is 10.2. The Bertz CT molecular complexity index is 1290. The van der Waals surface area contributed by atoms with Crippen LogP contribution in [0.2, 0.25) is 0 Å². The fourth-order valence-corrected chi connectivity index (χ4v) is 3.02. The highest BCUT2D eigenvalue weighted by molar-refractivity contribution is 5.99. The van der Waals surface area contributed by atoms with Crippen molar-refractivity contribution in [3.8, 4) is 22.8 Å². The van der Waals surface area contributed by atoms with Crippen LogP contribution in [0.15, 0.2) is 61.3 Å². The zero-order valence-electron chi connectivity index (χ0n) is 18.7. The number of aryl methyl sites for hydroxylation is 1. The molecule has 0 bridgehead atoms. The highest BCUT2D eigenvalue weighted by Crippen LogP contribution is 2.29. The Kier molecular flexibility index (Phi) is 5.82. The van der Waals surface area contributed by atoms with Crippen LogP contribution in [-0.4, -0.2) is 30.6 Å². The van der Waals surface area contributed by atoms with Crippen LogP contribution in [0.4, 0.5) is 20.6 Å². The molecular weight excluding hydrogens is 425 g/mol. The third kappa shape index (κ3) is 5.35. The largest absolute Gasteiger partial charge is 0.454 e. The van der Waals surface area contributed by atoms with Crippen molar-refractivity contribution in [1.82, 2.24) is 24.5 Å². The van der Waals surface area contributed by atoms with Crippen LogP contribution in [-0.2, 0) is 12.6 Å². The number of nitrogens with one attached hydrogen (secondary N) is 2. The standard InChI is InChI=1S/C23H24FN7O2/c1-23(2,3)31-14-17(12-27-31)29-22(32)28-16-5-6-21(19(24)9-16)33-18-7-8-25-20(10-18)15-11-26-30(4)13-15/h5-14H,1-4H3,(H2,28,29,32). The van der Waals surface area contributed by atoms with Crippen molar-refractivity contribution < 1.29 is 13.9 Å². The molecule has 10 heteroatoms. The summed E-state index contributed by atoms with van der Waals surface area (Å²) in [7, 11) is 1.81. The van der Waals surface area contributed by atoms with Gasteiger partial charge >= 0.3 is 6.03 Å². The molecule has 0 atom stereocenters. The second-order valence-corrected chi connectivity index (χ2v) is 8.45. The summed E-state index contributed by atoms with van der Waals surface area (Å²) in [6, 6.07) is 7.03. The molecule has 0 unspecified atom stereocenters. The van der Waals surface area contributed by atoms with Gasteiger partial charge in [0.2, 0.25) is 0 Å². The minimum atomic E-state index is -0.618. The Morgan fingerprint density at radius 2 is 1.82 bits per heavy atom. The van der Waals surface area contributed by atoms with Crippen LogP contribution < -0.4 is 15.4 Å². The van der Waals surface area contributed by atoms with Crippen LogP contribution in [0.5, 0.6) is 11.5 Å². The van der Waals surface area contributed by atoms with Crippen LogP contribution >= 0.6 is 0 Å². The number of hydrogen-bond acceptors (Lipinski definition) is 5. The fraction of sp³-hybridized carbons (Fsp3) is 0.217. The number of aromatic nitrogens is 5. The molecular formula is C23H24FN7O2. The van der Waals surface area contributed by atoms with Gasteiger partial charge in [-0.15, -0.1) is 0 Å². The van der Waals surface area contributed by atoms with Gasteiger partial charge in [-0.25, -0.2) is 9.18 Å². The average Bonchev–Trinajstić information content (AvgIpc) is 3.39. The molecule has 0 spiro atoms. The van der Waals surface area contributed by atoms with Crippen molar-refractivity contribution in [1.29, 1.82) is 0 Å². The van der Waals surface area contributed by atoms with Crippen LogP contribution in [0, 0.1) is 5.82 Å². The zero-order valence-corrected chi connectivity index (χ0v) is 18.7. The molecule has 4 rings (SSSR count). The Balaban J connectivity index is 1.41. The molecule has 0 radical (unpaired) electrons. The Morgan fingerprint density at radius 1 is 1.03 bits per heavy atom. The fourth-order valence-electron chi connectivity index (χ4n) is 3.02. The minimum Gasteiger partial charge on any atom is -0.454 e. The third-order valence-electron chi connectivity index (χ3n) is 4.68. The normalized spacial score (nSPS) is 11.3. The summed E-state index contributed by atoms with van der Waals surface area (Å²) < 4.78 is 23.7. The monoisotopic (exact) mass is 449 g/mol. The van der Waals surface area contributed by atoms with Gasteiger partial charge in [0, 0.05) is 49.0 Å². The van der Waals surface area contributed by atoms with Gasteiger partial charge in [-0.05, 0) is 39.0 Å². The van der Waals surface area contributed by atoms with Gasteiger partial charge in [0.25, 0.3) is 0 Å². The van der Waals surface area contributed by atoms with E-state index in [-0.39, 0.29) is 17.0 Å². The molecule has 2 amide bonds. The lowest BCUT2D eigenvalue weighted by molar-refractivity contribution is 0.262. The molecule has 2 N–H and O–H groups in total. The number of hydrogen-bond donors (Lipinski definition) is 2. The lowest BCUT2D eigenvalue weighted by Crippen LogP contribution is -2.22. The van der Waals surface area contributed by atoms with Crippen LogP contribution in [0.3, 0.4) is 0 Å². The van der Waals surface area contributed by atoms with Crippen molar-refractivity contribution >= 4 is 17.4 Å². The third-order valence-corrected chi connectivity index (χ3v) is 4.68. The summed E-state index contributed by atoms with van der Waals surface area (Å²) in [6.45, 7) is 6.01. The molecule has 3 aromatic heterocycles. The first-order valence-corrected chi connectivity index (χ1v) is 10.2. The molecule has 0 saturated carbocycles. The number of carbonyl (C=O) groups excluding carboxylic acids is 1. The number of urea groups is 1. The SMILES string of the molecule is Cn1cc(-c2cc(Oc3ccc(NC(=O)Nc4cnn(C(C)(C)C)c4)cc3F)ccn2)cn1. The Hall–Kier alpha value is -4.21. The summed E-state index contributed by atoms with van der Waals surface area (Å²) >= 11 is 0. The molecule has 0 fully saturated rings. The van der Waals surface area contributed by atoms with E-state index in [9.17, 15) is 9.18 Å². The number of pyridine rings is 1. The zero-order chi connectivity index (χ0) is 23.6. The number of halogens is 1. The molecule has 9 nitrogen and oxygen atoms in total. The van der Waals surface area contributed by atoms with Gasteiger partial charge in [-0.3, -0.25) is 14.3 Å². The summed E-state index contributed by atoms with van der Waals surface area (Å²) in [6.07, 6.45) is 8.37. The molecule has 1 aromatic carbocycles. The van der Waals surface area contributed by atoms with E-state index in [2.05, 4.69) is 25.8 Å². The van der Waals surface area contributed by atoms with Gasteiger partial charge in [-0.2, -0.15) is 10.2 Å². The average molecular weight is 449 g/mol. The number of anilines is 2. The van der Waals surface area contributed by atoms with Crippen molar-refractivity contribution in [2.75, 3.05) is 10.6 Å². The first kappa shape index (κ1) is 22.0. The van der Waals surface area contributed by atoms with Crippen molar-refractivity contribution in [2.24, 2.45) is 7.05 Å². The van der Waals surface area contributed by atoms with Crippen molar-refractivity contribution in [3.05, 3.63) is 67.1 Å². The van der Waals surface area contributed by atoms with E-state index in [0.717, 1.165) is 5.56 Å². The highest BCUT2D eigenvalue weighted by atomic mass is 19.1. The molecule has 0 saturated heterocycles. The van der Waals surface area contributed by atoms with E-state index in [1.54, 1.807) is 52.4 Å². The second-order valence-electron chi connectivity index (χ2n) is 8.45. The minimum absolute atomic E-state index is 0.0238. The lowest BCUT2D eigenvalue weighted by Gasteiger charge is -2.18. The second kappa shape index (κ2) is 8.73. The number of rotatable bonds is 5. The van der Waals surface area contributed by atoms with E-state index in [1.165, 1.54) is 12.1 Å². The smallest absolute Gasteiger partial charge is 0.323 e. The maximum Gasteiger partial charge on any atom is 0.323 e. The molecule has 33 heavy (non-hydrogen) atoms. The first-order chi connectivity index (χ1) is 15.7. The summed E-state index contributed by atoms with van der Waals surface area (Å²) in [5.74, 6) is -0.166. The van der Waals surface area contributed by atoms with E-state index >= 15 is 0 Å². The topological polar surface area (TPSA) is 98.9 Å². The van der Waals surface area contributed by atoms with E-state index in [1.807, 2.05) is 34.0 Å². The summed E-state index contributed by atoms with van der Waals surface area (Å²) in [4.78, 5) is 16.6. The highest BCUT2D eigenvalue weighted by Gasteiger charge is 2.15. The van der Waals surface area contributed by atoms with E-state index < -0.39 is 11.8 Å². The quantitative estimate of drug-likeness (QED) is 0.446. The molecule has 4 aromatic rings. The van der Waals surface area contributed by atoms with Gasteiger partial charge in [0.15, 0.2) is 11.6 Å². The van der Waals surface area contributed by atoms with Gasteiger partial charge in [0.1, 0.15) is 5.75 Å². The molecule has 3 heterocycles. The summed E-state index contributed by atoms with van der Waals surface area (Å²) in [5.41, 5.74) is 2.09. The maximum atomic E-state index is 14.6. The maximum absolute atomic E-state index is 14.6. The molecule has 0 aliphatic carbocycles. The molecule has 0 aliphatic heterocycles. The number of benzene rings is 1. The van der Waals surface area contributed by atoms with E-state index in [4.69, 9.17) is 4.74 Å². The van der Waals surface area contributed by atoms with Crippen molar-refractivity contribution in [2.45, 2.75) is 26.3 Å². The lowest BCUT2D eigenvalue weighted by atomic mass is 10.1. The van der Waals surface area contributed by atoms with Gasteiger partial charge < -0.3 is 15.4 Å². The molecule has 0 aliphatic rings. The van der Waals surface area contributed by atoms with Gasteiger partial charge in [-0.1, -0.05) is 0 Å². The Morgan fingerprint density at radius 3 is 2.48 bits per heavy atom. The number of carbonyl (C=O) groups is 1. The molecule has 170 valence electrons. The van der Waals surface area contributed by atoms with Crippen LogP contribution in [0.25, 0.3) is 11.3 Å².